The standard InChI is InChI=1S/C26H34O3Si/c1-24(2,3)30(21-12-8-6-9-13-21,22-14-10-7-11-15-22)29-23-16-17-26(20-25(23,4)5)27-18-19-28-26/h6-17,23H,18-20H2,1-5H3/t23-/m1/s1. The van der Waals surface area contributed by atoms with Gasteiger partial charge in [0.2, 0.25) is 0 Å². The van der Waals surface area contributed by atoms with Crippen LogP contribution in [0, 0.1) is 5.41 Å². The smallest absolute Gasteiger partial charge is 0.261 e. The molecule has 160 valence electrons. The molecule has 1 aliphatic carbocycles. The molecule has 1 aliphatic heterocycles. The van der Waals surface area contributed by atoms with Gasteiger partial charge in [-0.2, -0.15) is 0 Å². The van der Waals surface area contributed by atoms with E-state index in [1.165, 1.54) is 10.4 Å². The Morgan fingerprint density at radius 1 is 0.867 bits per heavy atom. The average molecular weight is 423 g/mol. The number of hydrogen-bond acceptors (Lipinski definition) is 3. The molecule has 0 amide bonds. The lowest BCUT2D eigenvalue weighted by molar-refractivity contribution is -0.155. The molecular weight excluding hydrogens is 388 g/mol. The molecule has 0 aromatic heterocycles. The Balaban J connectivity index is 1.83. The van der Waals surface area contributed by atoms with Crippen LogP contribution >= 0.6 is 0 Å². The topological polar surface area (TPSA) is 27.7 Å². The van der Waals surface area contributed by atoms with Crippen LogP contribution in [-0.4, -0.2) is 33.4 Å². The van der Waals surface area contributed by atoms with Crippen LogP contribution in [0.1, 0.15) is 41.0 Å². The van der Waals surface area contributed by atoms with Gasteiger partial charge in [0.05, 0.1) is 19.3 Å². The monoisotopic (exact) mass is 422 g/mol. The summed E-state index contributed by atoms with van der Waals surface area (Å²) in [5, 5.41) is 2.57. The second-order valence-corrected chi connectivity index (χ2v) is 14.5. The highest BCUT2D eigenvalue weighted by Crippen LogP contribution is 2.46. The predicted molar refractivity (Wildman–Crippen MR) is 125 cm³/mol. The molecule has 0 radical (unpaired) electrons. The van der Waals surface area contributed by atoms with Crippen molar-refractivity contribution in [3.8, 4) is 0 Å². The molecule has 2 aromatic rings. The minimum absolute atomic E-state index is 0.0257. The summed E-state index contributed by atoms with van der Waals surface area (Å²) >= 11 is 0. The quantitative estimate of drug-likeness (QED) is 0.530. The summed E-state index contributed by atoms with van der Waals surface area (Å²) in [5.41, 5.74) is -0.119. The van der Waals surface area contributed by atoms with E-state index in [0.29, 0.717) is 13.2 Å². The van der Waals surface area contributed by atoms with Gasteiger partial charge in [-0.25, -0.2) is 0 Å². The number of rotatable bonds is 4. The Bertz CT molecular complexity index is 838. The summed E-state index contributed by atoms with van der Waals surface area (Å²) < 4.78 is 19.3. The van der Waals surface area contributed by atoms with Crippen LogP contribution in [-0.2, 0) is 13.9 Å². The van der Waals surface area contributed by atoms with Gasteiger partial charge in [0.1, 0.15) is 0 Å². The molecule has 0 bridgehead atoms. The van der Waals surface area contributed by atoms with Gasteiger partial charge in [-0.05, 0) is 26.9 Å². The molecule has 1 fully saturated rings. The molecule has 30 heavy (non-hydrogen) atoms. The van der Waals surface area contributed by atoms with Gasteiger partial charge >= 0.3 is 0 Å². The lowest BCUT2D eigenvalue weighted by Crippen LogP contribution is -2.68. The first-order valence-corrected chi connectivity index (χ1v) is 12.9. The molecule has 0 saturated carbocycles. The van der Waals surface area contributed by atoms with E-state index < -0.39 is 14.1 Å². The van der Waals surface area contributed by atoms with Crippen LogP contribution in [0.5, 0.6) is 0 Å². The SMILES string of the molecule is CC1(C)CC2(C=C[C@H]1O[Si](c1ccccc1)(c1ccccc1)C(C)(C)C)OCCO2. The zero-order chi connectivity index (χ0) is 21.5. The second kappa shape index (κ2) is 7.76. The van der Waals surface area contributed by atoms with Crippen molar-refractivity contribution in [3.05, 3.63) is 72.8 Å². The fourth-order valence-corrected chi connectivity index (χ4v) is 9.83. The van der Waals surface area contributed by atoms with Crippen molar-refractivity contribution in [2.75, 3.05) is 13.2 Å². The Labute approximate surface area is 182 Å². The maximum atomic E-state index is 7.37. The van der Waals surface area contributed by atoms with Gasteiger partial charge in [-0.3, -0.25) is 0 Å². The van der Waals surface area contributed by atoms with Gasteiger partial charge in [0, 0.05) is 6.42 Å². The molecular formula is C26H34O3Si. The minimum atomic E-state index is -2.61. The zero-order valence-electron chi connectivity index (χ0n) is 18.9. The maximum Gasteiger partial charge on any atom is 0.261 e. The highest BCUT2D eigenvalue weighted by atomic mass is 28.4. The normalized spacial score (nSPS) is 23.0. The Kier molecular flexibility index (Phi) is 5.56. The number of hydrogen-bond donors (Lipinski definition) is 0. The molecule has 1 atom stereocenters. The van der Waals surface area contributed by atoms with Gasteiger partial charge in [-0.15, -0.1) is 0 Å². The van der Waals surface area contributed by atoms with Crippen LogP contribution in [0.4, 0.5) is 0 Å². The van der Waals surface area contributed by atoms with E-state index >= 15 is 0 Å². The largest absolute Gasteiger partial charge is 0.401 e. The fourth-order valence-electron chi connectivity index (χ4n) is 5.04. The molecule has 4 heteroatoms. The molecule has 2 aromatic carbocycles. The first-order chi connectivity index (χ1) is 14.2. The van der Waals surface area contributed by atoms with E-state index in [-0.39, 0.29) is 16.6 Å². The summed E-state index contributed by atoms with van der Waals surface area (Å²) in [6.45, 7) is 12.8. The molecule has 0 unspecified atom stereocenters. The van der Waals surface area contributed by atoms with Crippen molar-refractivity contribution >= 4 is 18.7 Å². The maximum absolute atomic E-state index is 7.37. The number of ether oxygens (including phenoxy) is 2. The summed E-state index contributed by atoms with van der Waals surface area (Å²) in [7, 11) is -2.61. The van der Waals surface area contributed by atoms with Crippen LogP contribution in [0.15, 0.2) is 72.8 Å². The molecule has 0 N–H and O–H groups in total. The third-order valence-corrected chi connectivity index (χ3v) is 11.5. The molecule has 1 spiro atoms. The molecule has 4 rings (SSSR count). The van der Waals surface area contributed by atoms with Crippen molar-refractivity contribution in [2.24, 2.45) is 5.41 Å². The van der Waals surface area contributed by atoms with E-state index in [2.05, 4.69) is 107 Å². The van der Waals surface area contributed by atoms with Crippen molar-refractivity contribution in [1.82, 2.24) is 0 Å². The molecule has 1 saturated heterocycles. The van der Waals surface area contributed by atoms with E-state index in [9.17, 15) is 0 Å². The van der Waals surface area contributed by atoms with Crippen molar-refractivity contribution < 1.29 is 13.9 Å². The third-order valence-electron chi connectivity index (χ3n) is 6.49. The Morgan fingerprint density at radius 2 is 1.37 bits per heavy atom. The third kappa shape index (κ3) is 3.71. The van der Waals surface area contributed by atoms with E-state index in [1.54, 1.807) is 0 Å². The predicted octanol–water partition coefficient (Wildman–Crippen LogP) is 4.66. The first kappa shape index (κ1) is 21.5. The van der Waals surface area contributed by atoms with Crippen LogP contribution in [0.25, 0.3) is 0 Å². The van der Waals surface area contributed by atoms with E-state index in [1.807, 2.05) is 0 Å². The van der Waals surface area contributed by atoms with Crippen LogP contribution in [0.2, 0.25) is 5.04 Å². The summed E-state index contributed by atoms with van der Waals surface area (Å²) in [6, 6.07) is 21.7. The summed E-state index contributed by atoms with van der Waals surface area (Å²) in [5.74, 6) is -0.588. The molecule has 2 aliphatic rings. The van der Waals surface area contributed by atoms with Crippen LogP contribution < -0.4 is 10.4 Å². The highest BCUT2D eigenvalue weighted by Gasteiger charge is 2.55. The Morgan fingerprint density at radius 3 is 1.80 bits per heavy atom. The Hall–Kier alpha value is -1.72. The summed E-state index contributed by atoms with van der Waals surface area (Å²) in [6.07, 6.45) is 5.05. The average Bonchev–Trinajstić information content (AvgIpc) is 3.15. The lowest BCUT2D eigenvalue weighted by Gasteiger charge is -2.50. The number of benzene rings is 2. The zero-order valence-corrected chi connectivity index (χ0v) is 19.9. The van der Waals surface area contributed by atoms with Gasteiger partial charge in [-0.1, -0.05) is 101 Å². The van der Waals surface area contributed by atoms with Crippen LogP contribution in [0.3, 0.4) is 0 Å². The van der Waals surface area contributed by atoms with Gasteiger partial charge in [0.15, 0.2) is 5.79 Å². The minimum Gasteiger partial charge on any atom is -0.401 e. The van der Waals surface area contributed by atoms with Crippen molar-refractivity contribution in [1.29, 1.82) is 0 Å². The fraction of sp³-hybridized carbons (Fsp3) is 0.462. The first-order valence-electron chi connectivity index (χ1n) is 10.9. The summed E-state index contributed by atoms with van der Waals surface area (Å²) in [4.78, 5) is 0. The molecule has 3 nitrogen and oxygen atoms in total. The van der Waals surface area contributed by atoms with E-state index in [4.69, 9.17) is 13.9 Å². The lowest BCUT2D eigenvalue weighted by atomic mass is 9.76. The van der Waals surface area contributed by atoms with Gasteiger partial charge in [0.25, 0.3) is 8.32 Å². The van der Waals surface area contributed by atoms with E-state index in [0.717, 1.165) is 6.42 Å². The van der Waals surface area contributed by atoms with Crippen molar-refractivity contribution in [2.45, 2.75) is 58.0 Å². The van der Waals surface area contributed by atoms with Crippen molar-refractivity contribution in [3.63, 3.8) is 0 Å². The second-order valence-electron chi connectivity index (χ2n) is 10.2. The van der Waals surface area contributed by atoms with Gasteiger partial charge < -0.3 is 13.9 Å². The molecule has 1 heterocycles. The highest BCUT2D eigenvalue weighted by molar-refractivity contribution is 6.99.